The second-order valence-corrected chi connectivity index (χ2v) is 14.3. The molecule has 0 unspecified atom stereocenters. The van der Waals surface area contributed by atoms with Gasteiger partial charge in [-0.15, -0.1) is 0 Å². The Morgan fingerprint density at radius 1 is 0.943 bits per heavy atom. The number of carbonyl (C=O) groups excluding carboxylic acids is 1. The summed E-state index contributed by atoms with van der Waals surface area (Å²) in [6.07, 6.45) is 0.956. The van der Waals surface area contributed by atoms with Crippen LogP contribution in [0.5, 0.6) is 0 Å². The molecule has 0 aromatic heterocycles. The fourth-order valence-electron chi connectivity index (χ4n) is 4.45. The Bertz CT molecular complexity index is 1300. The van der Waals surface area contributed by atoms with Gasteiger partial charge in [-0.1, -0.05) is 0 Å². The van der Waals surface area contributed by atoms with Crippen molar-refractivity contribution < 1.29 is 14.7 Å². The minimum atomic E-state index is -1.10. The number of aryl methyl sites for hydroxylation is 3. The monoisotopic (exact) mass is 550 g/mol. The van der Waals surface area contributed by atoms with E-state index in [1.54, 1.807) is 0 Å². The number of nitrogens with one attached hydrogen (secondary N) is 1. The van der Waals surface area contributed by atoms with Crippen molar-refractivity contribution in [3.63, 3.8) is 0 Å². The van der Waals surface area contributed by atoms with Crippen LogP contribution < -0.4 is 9.67 Å². The Morgan fingerprint density at radius 2 is 1.60 bits per heavy atom. The van der Waals surface area contributed by atoms with Gasteiger partial charge in [0.25, 0.3) is 0 Å². The quantitative estimate of drug-likeness (QED) is 0.379. The van der Waals surface area contributed by atoms with Crippen molar-refractivity contribution in [2.75, 3.05) is 0 Å². The van der Waals surface area contributed by atoms with Gasteiger partial charge < -0.3 is 0 Å². The van der Waals surface area contributed by atoms with Crippen molar-refractivity contribution in [3.8, 4) is 11.1 Å². The molecular weight excluding hydrogens is 521 g/mol. The van der Waals surface area contributed by atoms with E-state index in [4.69, 9.17) is 11.6 Å². The van der Waals surface area contributed by atoms with Crippen LogP contribution in [0.15, 0.2) is 54.6 Å². The fraction of sp³-hybridized carbons (Fsp3) is 0.310. The zero-order chi connectivity index (χ0) is 25.5. The Hall–Kier alpha value is -2.55. The molecule has 3 aromatic rings. The zero-order valence-corrected chi connectivity index (χ0v) is 23.3. The van der Waals surface area contributed by atoms with Crippen LogP contribution in [0.25, 0.3) is 11.1 Å². The predicted octanol–water partition coefficient (Wildman–Crippen LogP) is 5.54. The average molecular weight is 551 g/mol. The molecule has 0 heterocycles. The number of benzene rings is 3. The van der Waals surface area contributed by atoms with E-state index in [2.05, 4.69) is 55.6 Å². The van der Waals surface area contributed by atoms with Crippen molar-refractivity contribution in [1.29, 1.82) is 0 Å². The maximum atomic E-state index is 12.9. The first kappa shape index (κ1) is 25.5. The van der Waals surface area contributed by atoms with E-state index in [1.165, 1.54) is 9.91 Å². The van der Waals surface area contributed by atoms with Crippen LogP contribution in [0.3, 0.4) is 0 Å². The Balaban J connectivity index is 1.59. The number of hydrogen-bond donors (Lipinski definition) is 2. The molecule has 0 bridgehead atoms. The molecule has 4 nitrogen and oxygen atoms in total. The van der Waals surface area contributed by atoms with E-state index < -0.39 is 11.5 Å². The van der Waals surface area contributed by atoms with E-state index in [1.807, 2.05) is 39.0 Å². The third kappa shape index (κ3) is 5.34. The second-order valence-electron chi connectivity index (χ2n) is 10.0. The molecule has 6 heteroatoms. The standard InChI is InChI=1S/C29H30AsClNO3/c1-17-15-22(9-10-24(17)31)28(4,5)30-23-8-6-7-20(16-23)21-13-18(2)25(19(3)14-21)26(33)32-29(11-12-29)27(34)35/h6-10,13-16H,11-12H2,1-5H3,(H,32,33)(H,34,35). The van der Waals surface area contributed by atoms with Crippen LogP contribution in [0.2, 0.25) is 5.02 Å². The van der Waals surface area contributed by atoms with Gasteiger partial charge in [0.2, 0.25) is 0 Å². The van der Waals surface area contributed by atoms with Gasteiger partial charge >= 0.3 is 219 Å². The van der Waals surface area contributed by atoms with Gasteiger partial charge in [-0.2, -0.15) is 0 Å². The van der Waals surface area contributed by atoms with Crippen molar-refractivity contribution in [1.82, 2.24) is 5.32 Å². The second kappa shape index (κ2) is 9.48. The molecule has 1 aliphatic rings. The van der Waals surface area contributed by atoms with Crippen molar-refractivity contribution in [2.45, 2.75) is 57.2 Å². The molecule has 0 saturated heterocycles. The molecule has 0 aliphatic heterocycles. The topological polar surface area (TPSA) is 66.4 Å². The van der Waals surface area contributed by atoms with Gasteiger partial charge in [-0.25, -0.2) is 0 Å². The average Bonchev–Trinajstić information content (AvgIpc) is 3.55. The molecule has 35 heavy (non-hydrogen) atoms. The Morgan fingerprint density at radius 3 is 2.17 bits per heavy atom. The van der Waals surface area contributed by atoms with E-state index in [0.717, 1.165) is 32.8 Å². The summed E-state index contributed by atoms with van der Waals surface area (Å²) < 4.78 is 1.35. The summed E-state index contributed by atoms with van der Waals surface area (Å²) in [6, 6.07) is 19.0. The van der Waals surface area contributed by atoms with Crippen LogP contribution in [-0.4, -0.2) is 38.3 Å². The third-order valence-electron chi connectivity index (χ3n) is 6.72. The number of hydrogen-bond acceptors (Lipinski definition) is 2. The van der Waals surface area contributed by atoms with E-state index in [0.29, 0.717) is 18.4 Å². The number of rotatable bonds is 7. The fourth-order valence-corrected chi connectivity index (χ4v) is 7.25. The number of carboxylic acids is 1. The number of carboxylic acid groups (broad SMARTS) is 1. The van der Waals surface area contributed by atoms with Gasteiger partial charge in [0.1, 0.15) is 0 Å². The summed E-state index contributed by atoms with van der Waals surface area (Å²) in [5.74, 6) is -1.28. The molecule has 1 amide bonds. The summed E-state index contributed by atoms with van der Waals surface area (Å²) in [6.45, 7) is 10.4. The molecule has 181 valence electrons. The van der Waals surface area contributed by atoms with Crippen molar-refractivity contribution in [2.24, 2.45) is 0 Å². The number of halogens is 1. The molecule has 1 aliphatic carbocycles. The molecule has 1 fully saturated rings. The molecule has 0 spiro atoms. The molecule has 1 saturated carbocycles. The van der Waals surface area contributed by atoms with Gasteiger partial charge in [0.15, 0.2) is 0 Å². The van der Waals surface area contributed by atoms with Crippen LogP contribution in [0.4, 0.5) is 0 Å². The van der Waals surface area contributed by atoms with Crippen LogP contribution in [-0.2, 0) is 9.00 Å². The summed E-state index contributed by atoms with van der Waals surface area (Å²) in [4.78, 5) is 24.4. The molecule has 2 N–H and O–H groups in total. The molecule has 0 atom stereocenters. The SMILES string of the molecule is Cc1cc(C(C)(C)[As]c2cccc(-c3cc(C)c(C(=O)NC4(C(=O)O)CC4)c(C)c3)c2)ccc1Cl. The molecule has 1 radical (unpaired) electrons. The zero-order valence-electron chi connectivity index (χ0n) is 20.7. The number of aliphatic carboxylic acids is 1. The number of carbonyl (C=O) groups is 2. The Kier molecular flexibility index (Phi) is 6.92. The first-order valence-electron chi connectivity index (χ1n) is 11.7. The first-order chi connectivity index (χ1) is 16.4. The third-order valence-corrected chi connectivity index (χ3v) is 9.99. The minimum absolute atomic E-state index is 0.0289. The van der Waals surface area contributed by atoms with Crippen LogP contribution >= 0.6 is 11.6 Å². The molecule has 3 aromatic carbocycles. The van der Waals surface area contributed by atoms with Gasteiger partial charge in [0, 0.05) is 0 Å². The van der Waals surface area contributed by atoms with Crippen molar-refractivity contribution in [3.05, 3.63) is 87.4 Å². The summed E-state index contributed by atoms with van der Waals surface area (Å²) in [7, 11) is 0. The van der Waals surface area contributed by atoms with Gasteiger partial charge in [-0.05, 0) is 0 Å². The predicted molar refractivity (Wildman–Crippen MR) is 143 cm³/mol. The Labute approximate surface area is 218 Å². The van der Waals surface area contributed by atoms with Gasteiger partial charge in [0.05, 0.1) is 0 Å². The summed E-state index contributed by atoms with van der Waals surface area (Å²) in [5, 5.41) is 12.9. The molecule has 4 rings (SSSR count). The summed E-state index contributed by atoms with van der Waals surface area (Å²) >= 11 is 6.08. The van der Waals surface area contributed by atoms with Crippen molar-refractivity contribution >= 4 is 43.6 Å². The first-order valence-corrected chi connectivity index (χ1v) is 13.9. The van der Waals surface area contributed by atoms with E-state index >= 15 is 0 Å². The molecular formula is C29H30AsClNO3. The van der Waals surface area contributed by atoms with Crippen LogP contribution in [0, 0.1) is 20.8 Å². The number of amides is 1. The van der Waals surface area contributed by atoms with Crippen LogP contribution in [0.1, 0.15) is 59.3 Å². The van der Waals surface area contributed by atoms with E-state index in [9.17, 15) is 14.7 Å². The summed E-state index contributed by atoms with van der Waals surface area (Å²) in [5.41, 5.74) is 5.70. The normalized spacial score (nSPS) is 14.8. The van der Waals surface area contributed by atoms with Gasteiger partial charge in [-0.3, -0.25) is 0 Å². The maximum absolute atomic E-state index is 12.9. The van der Waals surface area contributed by atoms with E-state index in [-0.39, 0.29) is 25.9 Å².